The molecule has 0 N–H and O–H groups in total. The summed E-state index contributed by atoms with van der Waals surface area (Å²) in [5.41, 5.74) is -0.463. The van der Waals surface area contributed by atoms with Crippen LogP contribution in [0.5, 0.6) is 0 Å². The predicted molar refractivity (Wildman–Crippen MR) is 110 cm³/mol. The number of Topliss-reactive ketones (excluding diaryl/α,β-unsaturated/α-hetero) is 1. The number of nitriles is 1. The molecule has 0 spiro atoms. The van der Waals surface area contributed by atoms with Crippen molar-refractivity contribution in [1.82, 2.24) is 0 Å². The summed E-state index contributed by atoms with van der Waals surface area (Å²) >= 11 is 0. The Hall–Kier alpha value is -2.55. The monoisotopic (exact) mass is 705 g/mol. The highest BCUT2D eigenvalue weighted by Gasteiger charge is 2.96. The smallest absolute Gasteiger partial charge is 0.293 e. The Bertz CT molecular complexity index is 1360. The van der Waals surface area contributed by atoms with Crippen LogP contribution in [0, 0.1) is 11.3 Å². The first kappa shape index (κ1) is 38.5. The molecule has 248 valence electrons. The van der Waals surface area contributed by atoms with Crippen LogP contribution in [0.15, 0.2) is 24.3 Å². The van der Waals surface area contributed by atoms with Gasteiger partial charge in [0.15, 0.2) is 5.78 Å². The highest BCUT2D eigenvalue weighted by molar-refractivity contribution is 8.32. The third-order valence-corrected chi connectivity index (χ3v) is 9.13. The molecule has 0 radical (unpaired) electrons. The highest BCUT2D eigenvalue weighted by Crippen LogP contribution is 2.65. The molecule has 0 amide bonds. The van der Waals surface area contributed by atoms with Crippen molar-refractivity contribution in [2.45, 2.75) is 47.0 Å². The molecule has 0 heterocycles. The molecule has 24 heteroatoms. The topological polar surface area (TPSA) is 84.2 Å². The molecule has 0 bridgehead atoms. The first-order valence-corrected chi connectivity index (χ1v) is 14.0. The van der Waals surface area contributed by atoms with Gasteiger partial charge >= 0.3 is 57.1 Å². The molecule has 1 aromatic carbocycles. The standard InChI is InChI=1S/C19H12F17NO4S2/c1-42(2,8-11(38)10-5-3-9(7-37)4-6-10)41-43(39,40)19(35,36)17(30,31)15(26,27)13(22,23)12(20,21)14(24,25)16(28,29)18(32,33)34/h3-6H,8H2,1-2H3. The molecule has 0 saturated carbocycles. The van der Waals surface area contributed by atoms with Gasteiger partial charge < -0.3 is 0 Å². The maximum absolute atomic E-state index is 14.2. The normalized spacial score (nSPS) is 15.7. The molecule has 0 aliphatic carbocycles. The van der Waals surface area contributed by atoms with E-state index in [0.29, 0.717) is 12.5 Å². The number of rotatable bonds is 12. The Morgan fingerprint density at radius 3 is 1.37 bits per heavy atom. The largest absolute Gasteiger partial charge is 0.460 e. The van der Waals surface area contributed by atoms with Crippen molar-refractivity contribution in [3.05, 3.63) is 35.4 Å². The lowest BCUT2D eigenvalue weighted by Crippen LogP contribution is -2.75. The van der Waals surface area contributed by atoms with Crippen LogP contribution in [0.25, 0.3) is 0 Å². The molecule has 5 nitrogen and oxygen atoms in total. The Morgan fingerprint density at radius 2 is 1.02 bits per heavy atom. The van der Waals surface area contributed by atoms with E-state index < -0.39 is 84.5 Å². The number of carbonyl (C=O) groups excluding carboxylic acids is 1. The second-order valence-corrected chi connectivity index (χ2v) is 13.8. The van der Waals surface area contributed by atoms with Gasteiger partial charge in [0, 0.05) is 5.56 Å². The zero-order chi connectivity index (χ0) is 34.7. The summed E-state index contributed by atoms with van der Waals surface area (Å²) in [5, 5.41) is 0.835. The number of halogens is 17. The number of benzene rings is 1. The van der Waals surface area contributed by atoms with Gasteiger partial charge in [-0.1, -0.05) is 12.1 Å². The van der Waals surface area contributed by atoms with Crippen molar-refractivity contribution in [2.24, 2.45) is 0 Å². The van der Waals surface area contributed by atoms with Crippen LogP contribution >= 0.6 is 10.3 Å². The molecule has 43 heavy (non-hydrogen) atoms. The second-order valence-electron chi connectivity index (χ2n) is 8.68. The van der Waals surface area contributed by atoms with Gasteiger partial charge in [-0.2, -0.15) is 88.3 Å². The zero-order valence-corrected chi connectivity index (χ0v) is 22.0. The van der Waals surface area contributed by atoms with Crippen molar-refractivity contribution in [2.75, 3.05) is 18.3 Å². The van der Waals surface area contributed by atoms with Crippen molar-refractivity contribution >= 4 is 26.2 Å². The Kier molecular flexibility index (Phi) is 9.67. The molecule has 0 fully saturated rings. The lowest BCUT2D eigenvalue weighted by molar-refractivity contribution is -0.458. The van der Waals surface area contributed by atoms with E-state index in [1.165, 1.54) is 0 Å². The summed E-state index contributed by atoms with van der Waals surface area (Å²) in [6, 6.07) is 5.39. The second kappa shape index (κ2) is 10.8. The number of nitrogens with zero attached hydrogens (tertiary/aromatic N) is 1. The summed E-state index contributed by atoms with van der Waals surface area (Å²) in [4.78, 5) is 12.3. The Labute approximate surface area is 230 Å². The molecule has 0 aliphatic heterocycles. The van der Waals surface area contributed by atoms with Crippen LogP contribution in [0.3, 0.4) is 0 Å². The van der Waals surface area contributed by atoms with E-state index in [4.69, 9.17) is 5.26 Å². The van der Waals surface area contributed by atoms with Crippen LogP contribution in [-0.4, -0.2) is 79.4 Å². The van der Waals surface area contributed by atoms with Gasteiger partial charge in [-0.25, -0.2) is 3.63 Å². The van der Waals surface area contributed by atoms with E-state index in [9.17, 15) is 87.8 Å². The van der Waals surface area contributed by atoms with Gasteiger partial charge in [0.25, 0.3) is 0 Å². The van der Waals surface area contributed by atoms with Crippen molar-refractivity contribution in [3.63, 3.8) is 0 Å². The van der Waals surface area contributed by atoms with Crippen LogP contribution in [0.4, 0.5) is 74.6 Å². The summed E-state index contributed by atoms with van der Waals surface area (Å²) < 4.78 is 255. The fourth-order valence-corrected chi connectivity index (χ4v) is 6.46. The van der Waals surface area contributed by atoms with Crippen LogP contribution < -0.4 is 0 Å². The fraction of sp³-hybridized carbons (Fsp3) is 0.579. The number of hydrogen-bond acceptors (Lipinski definition) is 5. The minimum absolute atomic E-state index is 0.0490. The lowest BCUT2D eigenvalue weighted by atomic mass is 9.91. The van der Waals surface area contributed by atoms with E-state index in [0.717, 1.165) is 24.3 Å². The third kappa shape index (κ3) is 5.95. The molecule has 0 saturated heterocycles. The summed E-state index contributed by atoms with van der Waals surface area (Å²) in [6.07, 6.45) is -7.12. The van der Waals surface area contributed by atoms with E-state index in [-0.39, 0.29) is 5.56 Å². The first-order chi connectivity index (χ1) is 18.6. The van der Waals surface area contributed by atoms with E-state index in [1.807, 2.05) is 0 Å². The summed E-state index contributed by atoms with van der Waals surface area (Å²) in [7, 11) is -11.9. The highest BCUT2D eigenvalue weighted by atomic mass is 32.3. The number of alkyl halides is 17. The maximum Gasteiger partial charge on any atom is 0.460 e. The van der Waals surface area contributed by atoms with Gasteiger partial charge in [-0.3, -0.25) is 4.79 Å². The Morgan fingerprint density at radius 1 is 0.674 bits per heavy atom. The molecule has 0 unspecified atom stereocenters. The first-order valence-electron chi connectivity index (χ1n) is 10.0. The van der Waals surface area contributed by atoms with Gasteiger partial charge in [0.05, 0.1) is 17.4 Å². The average molecular weight is 705 g/mol. The van der Waals surface area contributed by atoms with E-state index >= 15 is 0 Å². The molecule has 0 aliphatic rings. The van der Waals surface area contributed by atoms with Crippen LogP contribution in [0.1, 0.15) is 15.9 Å². The molecular weight excluding hydrogens is 693 g/mol. The van der Waals surface area contributed by atoms with Crippen LogP contribution in [-0.2, 0) is 13.7 Å². The van der Waals surface area contributed by atoms with Gasteiger partial charge in [-0.15, -0.1) is 10.3 Å². The Balaban J connectivity index is 3.56. The lowest BCUT2D eigenvalue weighted by Gasteiger charge is -2.42. The molecule has 0 atom stereocenters. The zero-order valence-electron chi connectivity index (χ0n) is 20.3. The molecule has 1 aromatic rings. The minimum atomic E-state index is -8.96. The third-order valence-electron chi connectivity index (χ3n) is 5.10. The van der Waals surface area contributed by atoms with Crippen molar-refractivity contribution < 1.29 is 91.5 Å². The van der Waals surface area contributed by atoms with Gasteiger partial charge in [0.2, 0.25) is 0 Å². The van der Waals surface area contributed by atoms with Gasteiger partial charge in [-0.05, 0) is 24.6 Å². The molecular formula is C19H12F17NO4S2. The SMILES string of the molecule is CS(C)(CC(=O)c1ccc(C#N)cc1)OS(=O)(=O)C(F)(F)C(F)(F)C(F)(F)C(F)(F)C(F)(F)C(F)(F)C(F)(F)C(F)(F)F. The van der Waals surface area contributed by atoms with Gasteiger partial charge in [0.1, 0.15) is 0 Å². The molecule has 0 aromatic heterocycles. The van der Waals surface area contributed by atoms with E-state index in [1.54, 1.807) is 6.07 Å². The number of ketones is 1. The number of carbonyl (C=O) groups is 1. The van der Waals surface area contributed by atoms with Crippen LogP contribution in [0.2, 0.25) is 0 Å². The van der Waals surface area contributed by atoms with E-state index in [2.05, 4.69) is 3.63 Å². The number of hydrogen-bond donors (Lipinski definition) is 0. The quantitative estimate of drug-likeness (QED) is 0.172. The van der Waals surface area contributed by atoms with Crippen molar-refractivity contribution in [1.29, 1.82) is 5.26 Å². The minimum Gasteiger partial charge on any atom is -0.293 e. The average Bonchev–Trinajstić information content (AvgIpc) is 2.81. The predicted octanol–water partition coefficient (Wildman–Crippen LogP) is 7.03. The maximum atomic E-state index is 14.2. The molecule has 1 rings (SSSR count). The summed E-state index contributed by atoms with van der Waals surface area (Å²) in [6.45, 7) is 0. The van der Waals surface area contributed by atoms with Crippen molar-refractivity contribution in [3.8, 4) is 6.07 Å². The fourth-order valence-electron chi connectivity index (χ4n) is 2.75. The summed E-state index contributed by atoms with van der Waals surface area (Å²) in [5.74, 6) is -55.0.